The first kappa shape index (κ1) is 16.2. The molecule has 1 atom stereocenters. The molecule has 2 nitrogen and oxygen atoms in total. The van der Waals surface area contributed by atoms with Crippen LogP contribution in [0.25, 0.3) is 0 Å². The largest absolute Gasteiger partial charge is 0.365 e. The number of ketones is 1. The van der Waals surface area contributed by atoms with Gasteiger partial charge in [-0.05, 0) is 24.0 Å². The van der Waals surface area contributed by atoms with Crippen molar-refractivity contribution in [3.63, 3.8) is 0 Å². The van der Waals surface area contributed by atoms with Crippen molar-refractivity contribution in [3.05, 3.63) is 35.4 Å². The molecule has 0 N–H and O–H groups in total. The van der Waals surface area contributed by atoms with Gasteiger partial charge < -0.3 is 4.74 Å². The fraction of sp³-hybridized carbons (Fsp3) is 0.632. The Hall–Kier alpha value is -1.15. The van der Waals surface area contributed by atoms with E-state index < -0.39 is 0 Å². The van der Waals surface area contributed by atoms with Gasteiger partial charge in [0, 0.05) is 6.42 Å². The van der Waals surface area contributed by atoms with Gasteiger partial charge in [-0.15, -0.1) is 0 Å². The number of Topliss-reactive ketones (excluding diaryl/α,β-unsaturated/α-hetero) is 1. The molecule has 0 saturated carbocycles. The first-order chi connectivity index (χ1) is 10.3. The summed E-state index contributed by atoms with van der Waals surface area (Å²) in [4.78, 5) is 12.4. The SMILES string of the molecule is CCCCCCCCCC(=O)C1OCCc2ccccc21. The van der Waals surface area contributed by atoms with Crippen molar-refractivity contribution in [2.24, 2.45) is 0 Å². The van der Waals surface area contributed by atoms with E-state index in [1.54, 1.807) is 0 Å². The molecule has 0 bridgehead atoms. The second-order valence-electron chi connectivity index (χ2n) is 6.04. The second kappa shape index (κ2) is 8.99. The fourth-order valence-electron chi connectivity index (χ4n) is 3.05. The quantitative estimate of drug-likeness (QED) is 0.597. The Balaban J connectivity index is 1.72. The fourth-order valence-corrected chi connectivity index (χ4v) is 3.05. The van der Waals surface area contributed by atoms with Crippen LogP contribution in [0.3, 0.4) is 0 Å². The first-order valence-corrected chi connectivity index (χ1v) is 8.55. The van der Waals surface area contributed by atoms with Crippen LogP contribution in [0.5, 0.6) is 0 Å². The van der Waals surface area contributed by atoms with Gasteiger partial charge in [-0.3, -0.25) is 4.79 Å². The number of hydrogen-bond donors (Lipinski definition) is 0. The minimum absolute atomic E-state index is 0.260. The Bertz CT molecular complexity index is 439. The third kappa shape index (κ3) is 4.96. The van der Waals surface area contributed by atoms with E-state index in [4.69, 9.17) is 4.74 Å². The zero-order chi connectivity index (χ0) is 14.9. The van der Waals surface area contributed by atoms with Crippen molar-refractivity contribution < 1.29 is 9.53 Å². The van der Waals surface area contributed by atoms with E-state index in [0.29, 0.717) is 13.0 Å². The summed E-state index contributed by atoms with van der Waals surface area (Å²) in [5.74, 6) is 0.260. The van der Waals surface area contributed by atoms with E-state index in [1.165, 1.54) is 44.1 Å². The number of hydrogen-bond acceptors (Lipinski definition) is 2. The number of benzene rings is 1. The summed E-state index contributed by atoms with van der Waals surface area (Å²) >= 11 is 0. The predicted molar refractivity (Wildman–Crippen MR) is 86.5 cm³/mol. The summed E-state index contributed by atoms with van der Waals surface area (Å²) in [6.07, 6.45) is 9.99. The van der Waals surface area contributed by atoms with E-state index in [1.807, 2.05) is 18.2 Å². The third-order valence-electron chi connectivity index (χ3n) is 4.31. The Morgan fingerprint density at radius 1 is 1.10 bits per heavy atom. The summed E-state index contributed by atoms with van der Waals surface area (Å²) in [5, 5.41) is 0. The van der Waals surface area contributed by atoms with Gasteiger partial charge >= 0.3 is 0 Å². The molecule has 1 heterocycles. The molecular formula is C19H28O2. The Kier molecular flexibility index (Phi) is 6.94. The summed E-state index contributed by atoms with van der Waals surface area (Å²) in [7, 11) is 0. The molecule has 0 spiro atoms. The average molecular weight is 288 g/mol. The van der Waals surface area contributed by atoms with Gasteiger partial charge in [0.15, 0.2) is 5.78 Å². The molecule has 1 aromatic carbocycles. The molecule has 2 rings (SSSR count). The first-order valence-electron chi connectivity index (χ1n) is 8.55. The van der Waals surface area contributed by atoms with Gasteiger partial charge in [-0.2, -0.15) is 0 Å². The van der Waals surface area contributed by atoms with Gasteiger partial charge in [0.05, 0.1) is 6.61 Å². The van der Waals surface area contributed by atoms with Crippen LogP contribution in [0.1, 0.15) is 75.5 Å². The number of carbonyl (C=O) groups excluding carboxylic acids is 1. The van der Waals surface area contributed by atoms with Crippen molar-refractivity contribution >= 4 is 5.78 Å². The van der Waals surface area contributed by atoms with E-state index in [2.05, 4.69) is 13.0 Å². The Morgan fingerprint density at radius 2 is 1.81 bits per heavy atom. The minimum Gasteiger partial charge on any atom is -0.365 e. The highest BCUT2D eigenvalue weighted by Crippen LogP contribution is 2.29. The normalized spacial score (nSPS) is 17.5. The Morgan fingerprint density at radius 3 is 2.62 bits per heavy atom. The van der Waals surface area contributed by atoms with Gasteiger partial charge in [0.2, 0.25) is 0 Å². The predicted octanol–water partition coefficient (Wildman–Crippen LogP) is 5.01. The van der Waals surface area contributed by atoms with Crippen LogP contribution < -0.4 is 0 Å². The van der Waals surface area contributed by atoms with Crippen LogP contribution in [0, 0.1) is 0 Å². The second-order valence-corrected chi connectivity index (χ2v) is 6.04. The molecule has 2 heteroatoms. The van der Waals surface area contributed by atoms with E-state index in [0.717, 1.165) is 18.4 Å². The van der Waals surface area contributed by atoms with Crippen molar-refractivity contribution in [2.75, 3.05) is 6.61 Å². The molecule has 1 aliphatic heterocycles. The summed E-state index contributed by atoms with van der Waals surface area (Å²) in [6, 6.07) is 8.21. The monoisotopic (exact) mass is 288 g/mol. The van der Waals surface area contributed by atoms with Crippen molar-refractivity contribution in [1.82, 2.24) is 0 Å². The molecule has 0 radical (unpaired) electrons. The molecule has 21 heavy (non-hydrogen) atoms. The Labute approximate surface area is 128 Å². The highest BCUT2D eigenvalue weighted by molar-refractivity contribution is 5.84. The number of fused-ring (bicyclic) bond motifs is 1. The lowest BCUT2D eigenvalue weighted by Gasteiger charge is -2.25. The molecule has 0 aliphatic carbocycles. The standard InChI is InChI=1S/C19H28O2/c1-2-3-4-5-6-7-8-13-18(20)19-17-12-10-9-11-16(17)14-15-21-19/h9-12,19H,2-8,13-15H2,1H3. The van der Waals surface area contributed by atoms with Gasteiger partial charge in [-0.1, -0.05) is 69.7 Å². The molecule has 0 fully saturated rings. The average Bonchev–Trinajstić information content (AvgIpc) is 2.53. The van der Waals surface area contributed by atoms with Crippen LogP contribution in [0.2, 0.25) is 0 Å². The third-order valence-corrected chi connectivity index (χ3v) is 4.31. The van der Waals surface area contributed by atoms with Gasteiger partial charge in [0.25, 0.3) is 0 Å². The van der Waals surface area contributed by atoms with Crippen LogP contribution in [0.4, 0.5) is 0 Å². The lowest BCUT2D eigenvalue weighted by molar-refractivity contribution is -0.132. The maximum absolute atomic E-state index is 12.4. The highest BCUT2D eigenvalue weighted by atomic mass is 16.5. The maximum Gasteiger partial charge on any atom is 0.166 e. The zero-order valence-electron chi connectivity index (χ0n) is 13.3. The van der Waals surface area contributed by atoms with Crippen LogP contribution in [0.15, 0.2) is 24.3 Å². The lowest BCUT2D eigenvalue weighted by atomic mass is 9.93. The molecule has 0 amide bonds. The maximum atomic E-state index is 12.4. The van der Waals surface area contributed by atoms with Crippen molar-refractivity contribution in [1.29, 1.82) is 0 Å². The number of carbonyl (C=O) groups is 1. The zero-order valence-corrected chi connectivity index (χ0v) is 13.3. The van der Waals surface area contributed by atoms with Crippen molar-refractivity contribution in [2.45, 2.75) is 70.8 Å². The smallest absolute Gasteiger partial charge is 0.166 e. The summed E-state index contributed by atoms with van der Waals surface area (Å²) in [5.41, 5.74) is 2.37. The molecule has 1 aromatic rings. The van der Waals surface area contributed by atoms with Crippen LogP contribution >= 0.6 is 0 Å². The van der Waals surface area contributed by atoms with Crippen LogP contribution in [-0.4, -0.2) is 12.4 Å². The number of ether oxygens (including phenoxy) is 1. The molecule has 0 saturated heterocycles. The van der Waals surface area contributed by atoms with Gasteiger partial charge in [0.1, 0.15) is 6.10 Å². The number of unbranched alkanes of at least 4 members (excludes halogenated alkanes) is 6. The highest BCUT2D eigenvalue weighted by Gasteiger charge is 2.26. The van der Waals surface area contributed by atoms with Crippen molar-refractivity contribution in [3.8, 4) is 0 Å². The molecule has 116 valence electrons. The number of rotatable bonds is 9. The lowest BCUT2D eigenvalue weighted by Crippen LogP contribution is -2.23. The van der Waals surface area contributed by atoms with Crippen LogP contribution in [-0.2, 0) is 16.0 Å². The summed E-state index contributed by atoms with van der Waals surface area (Å²) < 4.78 is 5.73. The van der Waals surface area contributed by atoms with E-state index in [9.17, 15) is 4.79 Å². The van der Waals surface area contributed by atoms with E-state index in [-0.39, 0.29) is 11.9 Å². The van der Waals surface area contributed by atoms with E-state index >= 15 is 0 Å². The molecule has 1 unspecified atom stereocenters. The topological polar surface area (TPSA) is 26.3 Å². The summed E-state index contributed by atoms with van der Waals surface area (Å²) in [6.45, 7) is 2.91. The molecule has 0 aromatic heterocycles. The molecule has 1 aliphatic rings. The minimum atomic E-state index is -0.310. The molecular weight excluding hydrogens is 260 g/mol. The van der Waals surface area contributed by atoms with Gasteiger partial charge in [-0.25, -0.2) is 0 Å².